The van der Waals surface area contributed by atoms with Crippen LogP contribution in [0.2, 0.25) is 5.02 Å². The molecule has 1 aromatic rings. The first-order valence-corrected chi connectivity index (χ1v) is 6.10. The molecule has 3 heteroatoms. The van der Waals surface area contributed by atoms with Crippen molar-refractivity contribution in [1.29, 1.82) is 5.26 Å². The van der Waals surface area contributed by atoms with Crippen molar-refractivity contribution in [2.75, 3.05) is 0 Å². The molecule has 0 amide bonds. The standard InChI is InChI=1S/C15H16ClNO/c1-15(2,3)9-14(18)12(10-17)8-11-4-6-13(16)7-5-11/h4-8H,9H2,1-3H3/b12-8+. The first kappa shape index (κ1) is 14.5. The maximum Gasteiger partial charge on any atom is 0.173 e. The Balaban J connectivity index is 2.94. The molecule has 0 N–H and O–H groups in total. The smallest absolute Gasteiger partial charge is 0.173 e. The fraction of sp³-hybridized carbons (Fsp3) is 0.333. The molecule has 1 rings (SSSR count). The van der Waals surface area contributed by atoms with Crippen molar-refractivity contribution in [1.82, 2.24) is 0 Å². The normalized spacial score (nSPS) is 12.1. The third kappa shape index (κ3) is 4.73. The second-order valence-electron chi connectivity index (χ2n) is 5.38. The predicted octanol–water partition coefficient (Wildman–Crippen LogP) is 4.25. The van der Waals surface area contributed by atoms with E-state index in [2.05, 4.69) is 0 Å². The number of halogens is 1. The van der Waals surface area contributed by atoms with Crippen LogP contribution in [-0.4, -0.2) is 5.78 Å². The van der Waals surface area contributed by atoms with E-state index in [4.69, 9.17) is 16.9 Å². The molecule has 0 aliphatic heterocycles. The zero-order valence-corrected chi connectivity index (χ0v) is 11.6. The van der Waals surface area contributed by atoms with Crippen molar-refractivity contribution < 1.29 is 4.79 Å². The molecule has 0 heterocycles. The average molecular weight is 262 g/mol. The van der Waals surface area contributed by atoms with Gasteiger partial charge in [0.25, 0.3) is 0 Å². The monoisotopic (exact) mass is 261 g/mol. The summed E-state index contributed by atoms with van der Waals surface area (Å²) >= 11 is 5.78. The average Bonchev–Trinajstić information content (AvgIpc) is 2.25. The maximum absolute atomic E-state index is 11.9. The summed E-state index contributed by atoms with van der Waals surface area (Å²) in [6, 6.07) is 9.00. The lowest BCUT2D eigenvalue weighted by Gasteiger charge is -2.16. The Kier molecular flexibility index (Phi) is 4.69. The number of allylic oxidation sites excluding steroid dienone is 1. The summed E-state index contributed by atoms with van der Waals surface area (Å²) in [5, 5.41) is 9.68. The van der Waals surface area contributed by atoms with Crippen LogP contribution in [0.15, 0.2) is 29.8 Å². The molecule has 1 aromatic carbocycles. The van der Waals surface area contributed by atoms with E-state index in [-0.39, 0.29) is 16.8 Å². The van der Waals surface area contributed by atoms with Gasteiger partial charge < -0.3 is 0 Å². The van der Waals surface area contributed by atoms with E-state index >= 15 is 0 Å². The minimum Gasteiger partial charge on any atom is -0.293 e. The first-order valence-electron chi connectivity index (χ1n) is 5.72. The predicted molar refractivity (Wildman–Crippen MR) is 74.1 cm³/mol. The zero-order valence-electron chi connectivity index (χ0n) is 10.8. The lowest BCUT2D eigenvalue weighted by molar-refractivity contribution is -0.116. The van der Waals surface area contributed by atoms with Crippen LogP contribution in [-0.2, 0) is 4.79 Å². The summed E-state index contributed by atoms with van der Waals surface area (Å²) in [5.41, 5.74) is 0.873. The minimum atomic E-state index is -0.125. The molecule has 2 nitrogen and oxygen atoms in total. The Morgan fingerprint density at radius 3 is 2.33 bits per heavy atom. The third-order valence-electron chi connectivity index (χ3n) is 2.29. The van der Waals surface area contributed by atoms with Gasteiger partial charge in [0.15, 0.2) is 5.78 Å². The molecule has 0 spiro atoms. The van der Waals surface area contributed by atoms with E-state index in [0.717, 1.165) is 5.56 Å². The van der Waals surface area contributed by atoms with Gasteiger partial charge in [-0.15, -0.1) is 0 Å². The third-order valence-corrected chi connectivity index (χ3v) is 2.54. The minimum absolute atomic E-state index is 0.118. The molecule has 94 valence electrons. The van der Waals surface area contributed by atoms with Gasteiger partial charge in [-0.1, -0.05) is 44.5 Å². The zero-order chi connectivity index (χ0) is 13.8. The number of nitriles is 1. The van der Waals surface area contributed by atoms with Crippen LogP contribution < -0.4 is 0 Å². The fourth-order valence-corrected chi connectivity index (χ4v) is 1.60. The van der Waals surface area contributed by atoms with Gasteiger partial charge >= 0.3 is 0 Å². The van der Waals surface area contributed by atoms with E-state index in [1.54, 1.807) is 30.3 Å². The van der Waals surface area contributed by atoms with Crippen LogP contribution in [0.5, 0.6) is 0 Å². The number of hydrogen-bond donors (Lipinski definition) is 0. The Morgan fingerprint density at radius 1 is 1.33 bits per heavy atom. The topological polar surface area (TPSA) is 40.9 Å². The van der Waals surface area contributed by atoms with Crippen molar-refractivity contribution >= 4 is 23.5 Å². The highest BCUT2D eigenvalue weighted by Gasteiger charge is 2.18. The molecule has 0 radical (unpaired) electrons. The molecular formula is C15H16ClNO. The SMILES string of the molecule is CC(C)(C)CC(=O)/C(C#N)=C/c1ccc(Cl)cc1. The summed E-state index contributed by atoms with van der Waals surface area (Å²) in [4.78, 5) is 11.9. The van der Waals surface area contributed by atoms with Crippen LogP contribution in [0.4, 0.5) is 0 Å². The molecule has 0 unspecified atom stereocenters. The van der Waals surface area contributed by atoms with Crippen LogP contribution in [0.3, 0.4) is 0 Å². The molecule has 0 atom stereocenters. The van der Waals surface area contributed by atoms with E-state index in [0.29, 0.717) is 11.4 Å². The number of benzene rings is 1. The van der Waals surface area contributed by atoms with Crippen molar-refractivity contribution in [3.05, 3.63) is 40.4 Å². The van der Waals surface area contributed by atoms with Gasteiger partial charge in [0, 0.05) is 11.4 Å². The van der Waals surface area contributed by atoms with Gasteiger partial charge in [-0.2, -0.15) is 5.26 Å². The summed E-state index contributed by atoms with van der Waals surface area (Å²) in [5.74, 6) is -0.125. The van der Waals surface area contributed by atoms with Gasteiger partial charge in [0.05, 0.1) is 5.57 Å². The Hall–Kier alpha value is -1.59. The van der Waals surface area contributed by atoms with Crippen molar-refractivity contribution in [3.8, 4) is 6.07 Å². The number of ketones is 1. The van der Waals surface area contributed by atoms with Crippen LogP contribution >= 0.6 is 11.6 Å². The molecule has 0 fully saturated rings. The molecular weight excluding hydrogens is 246 g/mol. The Bertz CT molecular complexity index is 501. The molecule has 0 saturated heterocycles. The second-order valence-corrected chi connectivity index (χ2v) is 5.82. The largest absolute Gasteiger partial charge is 0.293 e. The number of hydrogen-bond acceptors (Lipinski definition) is 2. The number of nitrogens with zero attached hydrogens (tertiary/aromatic N) is 1. The summed E-state index contributed by atoms with van der Waals surface area (Å²) < 4.78 is 0. The van der Waals surface area contributed by atoms with Gasteiger partial charge in [-0.25, -0.2) is 0 Å². The number of Topliss-reactive ketones (excluding diaryl/α,β-unsaturated/α-hetero) is 1. The van der Waals surface area contributed by atoms with E-state index in [9.17, 15) is 4.79 Å². The quantitative estimate of drug-likeness (QED) is 0.603. The Morgan fingerprint density at radius 2 is 1.89 bits per heavy atom. The van der Waals surface area contributed by atoms with Gasteiger partial charge in [0.1, 0.15) is 6.07 Å². The number of rotatable bonds is 3. The molecule has 18 heavy (non-hydrogen) atoms. The highest BCUT2D eigenvalue weighted by Crippen LogP contribution is 2.22. The fourth-order valence-electron chi connectivity index (χ4n) is 1.48. The highest BCUT2D eigenvalue weighted by molar-refractivity contribution is 6.30. The van der Waals surface area contributed by atoms with E-state index < -0.39 is 0 Å². The molecule has 0 aliphatic carbocycles. The van der Waals surface area contributed by atoms with Crippen molar-refractivity contribution in [2.24, 2.45) is 5.41 Å². The van der Waals surface area contributed by atoms with Crippen molar-refractivity contribution in [2.45, 2.75) is 27.2 Å². The maximum atomic E-state index is 11.9. The molecule has 0 saturated carbocycles. The van der Waals surface area contributed by atoms with Gasteiger partial charge in [-0.05, 0) is 29.2 Å². The van der Waals surface area contributed by atoms with Gasteiger partial charge in [0.2, 0.25) is 0 Å². The number of carbonyl (C=O) groups is 1. The summed E-state index contributed by atoms with van der Waals surface area (Å²) in [7, 11) is 0. The van der Waals surface area contributed by atoms with E-state index in [1.807, 2.05) is 26.8 Å². The van der Waals surface area contributed by atoms with Crippen LogP contribution in [0.25, 0.3) is 6.08 Å². The van der Waals surface area contributed by atoms with Crippen LogP contribution in [0, 0.1) is 16.7 Å². The lowest BCUT2D eigenvalue weighted by atomic mass is 9.87. The summed E-state index contributed by atoms with van der Waals surface area (Å²) in [6.07, 6.45) is 1.96. The van der Waals surface area contributed by atoms with Crippen LogP contribution in [0.1, 0.15) is 32.8 Å². The number of carbonyl (C=O) groups excluding carboxylic acids is 1. The first-order chi connectivity index (χ1) is 8.31. The van der Waals surface area contributed by atoms with Crippen molar-refractivity contribution in [3.63, 3.8) is 0 Å². The lowest BCUT2D eigenvalue weighted by Crippen LogP contribution is -2.14. The molecule has 0 bridgehead atoms. The van der Waals surface area contributed by atoms with E-state index in [1.165, 1.54) is 0 Å². The summed E-state index contributed by atoms with van der Waals surface area (Å²) in [6.45, 7) is 5.92. The highest BCUT2D eigenvalue weighted by atomic mass is 35.5. The molecule has 0 aliphatic rings. The molecule has 0 aromatic heterocycles. The second kappa shape index (κ2) is 5.84. The Labute approximate surface area is 113 Å². The van der Waals surface area contributed by atoms with Gasteiger partial charge in [-0.3, -0.25) is 4.79 Å².